The number of amides is 1. The van der Waals surface area contributed by atoms with E-state index in [2.05, 4.69) is 6.58 Å². The second-order valence-corrected chi connectivity index (χ2v) is 6.00. The Labute approximate surface area is 115 Å². The predicted molar refractivity (Wildman–Crippen MR) is 74.8 cm³/mol. The molecule has 1 heterocycles. The normalized spacial score (nSPS) is 20.6. The Balaban J connectivity index is 2.56. The van der Waals surface area contributed by atoms with Gasteiger partial charge in [0.2, 0.25) is 0 Å². The zero-order valence-corrected chi connectivity index (χ0v) is 12.3. The first-order chi connectivity index (χ1) is 8.69. The molecule has 1 amide bonds. The fourth-order valence-electron chi connectivity index (χ4n) is 1.88. The van der Waals surface area contributed by atoms with Crippen LogP contribution in [0.1, 0.15) is 40.5 Å². The molecule has 1 rings (SSSR count). The van der Waals surface area contributed by atoms with Gasteiger partial charge >= 0.3 is 6.09 Å². The van der Waals surface area contributed by atoms with Crippen LogP contribution in [0.4, 0.5) is 9.18 Å². The zero-order chi connectivity index (χ0) is 14.6. The Morgan fingerprint density at radius 3 is 2.68 bits per heavy atom. The van der Waals surface area contributed by atoms with Crippen molar-refractivity contribution >= 4 is 6.09 Å². The van der Waals surface area contributed by atoms with Gasteiger partial charge in [-0.25, -0.2) is 9.18 Å². The standard InChI is InChI=1S/C15H24FNO2/c1-11-10-17(14(18)19-15(3,4)5)9-8-13(11)7-6-12(2)16/h7,12H,1,6,8-10H2,2-5H3/b13-7-. The van der Waals surface area contributed by atoms with Gasteiger partial charge in [-0.3, -0.25) is 0 Å². The van der Waals surface area contributed by atoms with Crippen molar-refractivity contribution < 1.29 is 13.9 Å². The maximum Gasteiger partial charge on any atom is 0.410 e. The number of ether oxygens (including phenoxy) is 1. The summed E-state index contributed by atoms with van der Waals surface area (Å²) in [6, 6.07) is 0. The molecule has 0 N–H and O–H groups in total. The quantitative estimate of drug-likeness (QED) is 0.762. The molecule has 0 aliphatic carbocycles. The van der Waals surface area contributed by atoms with Crippen molar-refractivity contribution in [2.45, 2.75) is 52.3 Å². The van der Waals surface area contributed by atoms with Crippen LogP contribution in [0.3, 0.4) is 0 Å². The topological polar surface area (TPSA) is 29.5 Å². The maximum atomic E-state index is 12.8. The van der Waals surface area contributed by atoms with E-state index in [0.717, 1.165) is 11.1 Å². The summed E-state index contributed by atoms with van der Waals surface area (Å²) < 4.78 is 18.1. The van der Waals surface area contributed by atoms with Gasteiger partial charge in [0.15, 0.2) is 0 Å². The Kier molecular flexibility index (Phi) is 5.15. The molecular weight excluding hydrogens is 245 g/mol. The van der Waals surface area contributed by atoms with Crippen molar-refractivity contribution in [3.8, 4) is 0 Å². The van der Waals surface area contributed by atoms with Gasteiger partial charge in [0.05, 0.1) is 0 Å². The number of alkyl halides is 1. The summed E-state index contributed by atoms with van der Waals surface area (Å²) in [6.07, 6.45) is 1.85. The number of carbonyl (C=O) groups is 1. The van der Waals surface area contributed by atoms with E-state index in [1.54, 1.807) is 4.90 Å². The lowest BCUT2D eigenvalue weighted by Gasteiger charge is -2.32. The third-order valence-electron chi connectivity index (χ3n) is 2.83. The van der Waals surface area contributed by atoms with Gasteiger partial charge < -0.3 is 9.64 Å². The second kappa shape index (κ2) is 6.22. The lowest BCUT2D eigenvalue weighted by molar-refractivity contribution is 0.0259. The molecule has 0 saturated carbocycles. The largest absolute Gasteiger partial charge is 0.444 e. The van der Waals surface area contributed by atoms with E-state index < -0.39 is 11.8 Å². The van der Waals surface area contributed by atoms with E-state index in [0.29, 0.717) is 25.9 Å². The molecule has 0 bridgehead atoms. The Morgan fingerprint density at radius 2 is 2.21 bits per heavy atom. The summed E-state index contributed by atoms with van der Waals surface area (Å²) in [5, 5.41) is 0. The molecule has 1 atom stereocenters. The van der Waals surface area contributed by atoms with Crippen LogP contribution in [0, 0.1) is 0 Å². The highest BCUT2D eigenvalue weighted by atomic mass is 19.1. The van der Waals surface area contributed by atoms with Crippen LogP contribution < -0.4 is 0 Å². The molecule has 1 fully saturated rings. The molecule has 19 heavy (non-hydrogen) atoms. The number of piperidine rings is 1. The summed E-state index contributed by atoms with van der Waals surface area (Å²) >= 11 is 0. The molecule has 108 valence electrons. The number of carbonyl (C=O) groups excluding carboxylic acids is 1. The second-order valence-electron chi connectivity index (χ2n) is 6.00. The summed E-state index contributed by atoms with van der Waals surface area (Å²) in [6.45, 7) is 12.1. The monoisotopic (exact) mass is 269 g/mol. The lowest BCUT2D eigenvalue weighted by Crippen LogP contribution is -2.41. The molecule has 0 radical (unpaired) electrons. The number of allylic oxidation sites excluding steroid dienone is 1. The first-order valence-electron chi connectivity index (χ1n) is 6.68. The van der Waals surface area contributed by atoms with E-state index in [1.165, 1.54) is 6.92 Å². The summed E-state index contributed by atoms with van der Waals surface area (Å²) in [4.78, 5) is 13.6. The van der Waals surface area contributed by atoms with Gasteiger partial charge in [0, 0.05) is 13.1 Å². The fourth-order valence-corrected chi connectivity index (χ4v) is 1.88. The Morgan fingerprint density at radius 1 is 1.58 bits per heavy atom. The third kappa shape index (κ3) is 5.45. The van der Waals surface area contributed by atoms with E-state index in [-0.39, 0.29) is 6.09 Å². The molecule has 0 aromatic rings. The number of halogens is 1. The van der Waals surface area contributed by atoms with E-state index in [4.69, 9.17) is 4.74 Å². The highest BCUT2D eigenvalue weighted by molar-refractivity contribution is 5.69. The van der Waals surface area contributed by atoms with Crippen molar-refractivity contribution in [1.29, 1.82) is 0 Å². The van der Waals surface area contributed by atoms with Crippen molar-refractivity contribution in [2.24, 2.45) is 0 Å². The fraction of sp³-hybridized carbons (Fsp3) is 0.667. The van der Waals surface area contributed by atoms with Crippen LogP contribution in [0.5, 0.6) is 0 Å². The predicted octanol–water partition coefficient (Wildman–Crippen LogP) is 3.86. The molecule has 1 aliphatic rings. The number of rotatable bonds is 2. The van der Waals surface area contributed by atoms with E-state index >= 15 is 0 Å². The van der Waals surface area contributed by atoms with Gasteiger partial charge in [-0.1, -0.05) is 12.7 Å². The third-order valence-corrected chi connectivity index (χ3v) is 2.83. The van der Waals surface area contributed by atoms with Gasteiger partial charge in [-0.2, -0.15) is 0 Å². The molecule has 1 unspecified atom stereocenters. The van der Waals surface area contributed by atoms with E-state index in [1.807, 2.05) is 26.8 Å². The average Bonchev–Trinajstić information content (AvgIpc) is 2.24. The molecule has 4 heteroatoms. The van der Waals surface area contributed by atoms with Crippen LogP contribution in [-0.4, -0.2) is 35.9 Å². The highest BCUT2D eigenvalue weighted by Crippen LogP contribution is 2.23. The molecule has 0 aromatic heterocycles. The first kappa shape index (κ1) is 15.7. The Bertz CT molecular complexity index is 380. The number of nitrogens with zero attached hydrogens (tertiary/aromatic N) is 1. The maximum absolute atomic E-state index is 12.8. The minimum absolute atomic E-state index is 0.313. The molecule has 1 aliphatic heterocycles. The molecule has 1 saturated heterocycles. The van der Waals surface area contributed by atoms with Crippen molar-refractivity contribution in [3.05, 3.63) is 23.8 Å². The number of likely N-dealkylation sites (tertiary alicyclic amines) is 1. The van der Waals surface area contributed by atoms with Crippen LogP contribution in [0.25, 0.3) is 0 Å². The van der Waals surface area contributed by atoms with Crippen LogP contribution >= 0.6 is 0 Å². The molecule has 3 nitrogen and oxygen atoms in total. The smallest absolute Gasteiger partial charge is 0.410 e. The minimum Gasteiger partial charge on any atom is -0.444 e. The lowest BCUT2D eigenvalue weighted by atomic mass is 9.98. The van der Waals surface area contributed by atoms with Gasteiger partial charge in [0.1, 0.15) is 11.8 Å². The van der Waals surface area contributed by atoms with Crippen LogP contribution in [-0.2, 0) is 4.74 Å². The molecular formula is C15H24FNO2. The molecule has 0 aromatic carbocycles. The SMILES string of the molecule is C=C1CN(C(=O)OC(C)(C)C)CC/C1=C/CC(C)F. The Hall–Kier alpha value is -1.32. The van der Waals surface area contributed by atoms with E-state index in [9.17, 15) is 9.18 Å². The summed E-state index contributed by atoms with van der Waals surface area (Å²) in [7, 11) is 0. The van der Waals surface area contributed by atoms with Gasteiger partial charge in [0.25, 0.3) is 0 Å². The van der Waals surface area contributed by atoms with Crippen LogP contribution in [0.15, 0.2) is 23.8 Å². The summed E-state index contributed by atoms with van der Waals surface area (Å²) in [5.74, 6) is 0. The molecule has 0 spiro atoms. The average molecular weight is 269 g/mol. The van der Waals surface area contributed by atoms with Crippen LogP contribution in [0.2, 0.25) is 0 Å². The first-order valence-corrected chi connectivity index (χ1v) is 6.68. The number of hydrogen-bond acceptors (Lipinski definition) is 2. The van der Waals surface area contributed by atoms with Crippen molar-refractivity contribution in [3.63, 3.8) is 0 Å². The number of hydrogen-bond donors (Lipinski definition) is 0. The zero-order valence-electron chi connectivity index (χ0n) is 12.3. The van der Waals surface area contributed by atoms with Gasteiger partial charge in [-0.15, -0.1) is 0 Å². The minimum atomic E-state index is -0.843. The highest BCUT2D eigenvalue weighted by Gasteiger charge is 2.26. The van der Waals surface area contributed by atoms with Crippen molar-refractivity contribution in [2.75, 3.05) is 13.1 Å². The van der Waals surface area contributed by atoms with Crippen molar-refractivity contribution in [1.82, 2.24) is 4.90 Å². The summed E-state index contributed by atoms with van der Waals surface area (Å²) in [5.41, 5.74) is 1.44. The van der Waals surface area contributed by atoms with Gasteiger partial charge in [-0.05, 0) is 51.7 Å².